The average Bonchev–Trinajstić information content (AvgIpc) is 2.95. The van der Waals surface area contributed by atoms with Crippen molar-refractivity contribution in [1.82, 2.24) is 10.2 Å². The van der Waals surface area contributed by atoms with Crippen molar-refractivity contribution in [3.63, 3.8) is 0 Å². The minimum Gasteiger partial charge on any atom is -0.351 e. The monoisotopic (exact) mass is 309 g/mol. The Labute approximate surface area is 129 Å². The number of hydrogen-bond acceptors (Lipinski definition) is 4. The van der Waals surface area contributed by atoms with Crippen LogP contribution in [0.3, 0.4) is 0 Å². The van der Waals surface area contributed by atoms with Gasteiger partial charge in [0.25, 0.3) is 5.91 Å². The lowest BCUT2D eigenvalue weighted by atomic mass is 9.79. The van der Waals surface area contributed by atoms with Gasteiger partial charge in [-0.05, 0) is 23.3 Å². The smallest absolute Gasteiger partial charge is 0.252 e. The number of nitrogens with one attached hydrogen (secondary N) is 1. The van der Waals surface area contributed by atoms with Crippen LogP contribution in [0, 0.1) is 5.41 Å². The summed E-state index contributed by atoms with van der Waals surface area (Å²) in [5.74, 6) is -0.0364. The Hall–Kier alpha value is -1.40. The van der Waals surface area contributed by atoms with E-state index in [0.29, 0.717) is 31.6 Å². The van der Waals surface area contributed by atoms with Crippen molar-refractivity contribution in [2.24, 2.45) is 11.1 Å². The van der Waals surface area contributed by atoms with E-state index in [-0.39, 0.29) is 23.3 Å². The van der Waals surface area contributed by atoms with Crippen LogP contribution in [0.15, 0.2) is 16.8 Å². The summed E-state index contributed by atoms with van der Waals surface area (Å²) in [7, 11) is 0. The highest BCUT2D eigenvalue weighted by molar-refractivity contribution is 7.08. The van der Waals surface area contributed by atoms with E-state index in [1.165, 1.54) is 11.3 Å². The standard InChI is InChI=1S/C15H23N3O2S/c1-15(2)10-18(7-4-12(15)16)13(19)3-6-17-14(20)11-5-8-21-9-11/h5,8-9,12H,3-4,6-7,10,16H2,1-2H3,(H,17,20). The predicted molar refractivity (Wildman–Crippen MR) is 84.2 cm³/mol. The number of nitrogens with zero attached hydrogens (tertiary/aromatic N) is 1. The number of carbonyl (C=O) groups is 2. The van der Waals surface area contributed by atoms with E-state index in [1.54, 1.807) is 11.4 Å². The van der Waals surface area contributed by atoms with Crippen molar-refractivity contribution in [2.75, 3.05) is 19.6 Å². The lowest BCUT2D eigenvalue weighted by Gasteiger charge is -2.42. The Morgan fingerprint density at radius 1 is 1.52 bits per heavy atom. The van der Waals surface area contributed by atoms with Crippen LogP contribution < -0.4 is 11.1 Å². The Balaban J connectivity index is 1.76. The number of thiophene rings is 1. The second kappa shape index (κ2) is 6.58. The molecule has 2 heterocycles. The largest absolute Gasteiger partial charge is 0.351 e. The van der Waals surface area contributed by atoms with Gasteiger partial charge >= 0.3 is 0 Å². The zero-order chi connectivity index (χ0) is 15.5. The van der Waals surface area contributed by atoms with E-state index in [4.69, 9.17) is 5.73 Å². The van der Waals surface area contributed by atoms with Gasteiger partial charge in [-0.2, -0.15) is 11.3 Å². The molecule has 1 fully saturated rings. The normalized spacial score (nSPS) is 21.1. The molecule has 1 aliphatic heterocycles. The fraction of sp³-hybridized carbons (Fsp3) is 0.600. The number of hydrogen-bond donors (Lipinski definition) is 2. The van der Waals surface area contributed by atoms with Crippen LogP contribution in [0.1, 0.15) is 37.0 Å². The van der Waals surface area contributed by atoms with Crippen LogP contribution in [0.2, 0.25) is 0 Å². The Kier molecular flexibility index (Phi) is 5.00. The van der Waals surface area contributed by atoms with Gasteiger partial charge in [0.15, 0.2) is 0 Å². The van der Waals surface area contributed by atoms with Gasteiger partial charge in [-0.25, -0.2) is 0 Å². The van der Waals surface area contributed by atoms with Gasteiger partial charge in [0, 0.05) is 43.0 Å². The summed E-state index contributed by atoms with van der Waals surface area (Å²) < 4.78 is 0. The molecule has 1 aliphatic rings. The molecular weight excluding hydrogens is 286 g/mol. The highest BCUT2D eigenvalue weighted by atomic mass is 32.1. The summed E-state index contributed by atoms with van der Waals surface area (Å²) >= 11 is 1.48. The number of carbonyl (C=O) groups excluding carboxylic acids is 2. The second-order valence-corrected chi connectivity index (χ2v) is 7.00. The molecule has 2 rings (SSSR count). The first-order chi connectivity index (χ1) is 9.90. The first-order valence-corrected chi connectivity index (χ1v) is 8.18. The molecule has 116 valence electrons. The molecule has 6 heteroatoms. The summed E-state index contributed by atoms with van der Waals surface area (Å²) in [5, 5.41) is 6.44. The van der Waals surface area contributed by atoms with Gasteiger partial charge in [-0.3, -0.25) is 9.59 Å². The van der Waals surface area contributed by atoms with E-state index in [0.717, 1.165) is 6.42 Å². The Morgan fingerprint density at radius 2 is 2.29 bits per heavy atom. The van der Waals surface area contributed by atoms with Gasteiger partial charge in [-0.15, -0.1) is 0 Å². The van der Waals surface area contributed by atoms with Crippen LogP contribution in [0.25, 0.3) is 0 Å². The zero-order valence-corrected chi connectivity index (χ0v) is 13.4. The fourth-order valence-corrected chi connectivity index (χ4v) is 3.16. The van der Waals surface area contributed by atoms with Gasteiger partial charge in [0.2, 0.25) is 5.91 Å². The van der Waals surface area contributed by atoms with Crippen molar-refractivity contribution in [1.29, 1.82) is 0 Å². The molecule has 1 unspecified atom stereocenters. The molecule has 0 aliphatic carbocycles. The molecule has 3 N–H and O–H groups in total. The van der Waals surface area contributed by atoms with Crippen LogP contribution >= 0.6 is 11.3 Å². The first-order valence-electron chi connectivity index (χ1n) is 7.24. The minimum atomic E-state index is -0.120. The average molecular weight is 309 g/mol. The molecular formula is C15H23N3O2S. The zero-order valence-electron chi connectivity index (χ0n) is 12.6. The third-order valence-electron chi connectivity index (χ3n) is 4.07. The molecule has 0 saturated carbocycles. The van der Waals surface area contributed by atoms with E-state index < -0.39 is 0 Å². The third kappa shape index (κ3) is 4.04. The topological polar surface area (TPSA) is 75.4 Å². The van der Waals surface area contributed by atoms with Gasteiger partial charge in [0.05, 0.1) is 0 Å². The van der Waals surface area contributed by atoms with E-state index in [1.807, 2.05) is 10.3 Å². The SMILES string of the molecule is CC1(C)CN(C(=O)CCNC(=O)c2ccsc2)CCC1N. The molecule has 1 aromatic rings. The molecule has 1 atom stereocenters. The van der Waals surface area contributed by atoms with Crippen molar-refractivity contribution < 1.29 is 9.59 Å². The third-order valence-corrected chi connectivity index (χ3v) is 4.76. The minimum absolute atomic E-state index is 0.0478. The van der Waals surface area contributed by atoms with E-state index in [9.17, 15) is 9.59 Å². The summed E-state index contributed by atoms with van der Waals surface area (Å²) in [4.78, 5) is 25.8. The maximum Gasteiger partial charge on any atom is 0.252 e. The predicted octanol–water partition coefficient (Wildman–Crippen LogP) is 1.45. The van der Waals surface area contributed by atoms with Gasteiger partial charge in [-0.1, -0.05) is 13.8 Å². The summed E-state index contributed by atoms with van der Waals surface area (Å²) in [6, 6.07) is 1.91. The van der Waals surface area contributed by atoms with Crippen LogP contribution in [-0.4, -0.2) is 42.4 Å². The molecule has 0 radical (unpaired) electrons. The van der Waals surface area contributed by atoms with Gasteiger partial charge in [0.1, 0.15) is 0 Å². The van der Waals surface area contributed by atoms with E-state index in [2.05, 4.69) is 19.2 Å². The lowest BCUT2D eigenvalue weighted by molar-refractivity contribution is -0.134. The summed E-state index contributed by atoms with van der Waals surface area (Å²) in [5.41, 5.74) is 6.68. The maximum absolute atomic E-state index is 12.2. The number of nitrogens with two attached hydrogens (primary N) is 1. The highest BCUT2D eigenvalue weighted by Gasteiger charge is 2.34. The summed E-state index contributed by atoms with van der Waals surface area (Å²) in [6.07, 6.45) is 1.17. The molecule has 0 aromatic carbocycles. The van der Waals surface area contributed by atoms with Crippen LogP contribution in [0.5, 0.6) is 0 Å². The summed E-state index contributed by atoms with van der Waals surface area (Å²) in [6.45, 7) is 5.95. The Bertz CT molecular complexity index is 499. The fourth-order valence-electron chi connectivity index (χ4n) is 2.52. The number of amides is 2. The quantitative estimate of drug-likeness (QED) is 0.884. The Morgan fingerprint density at radius 3 is 2.90 bits per heavy atom. The van der Waals surface area contributed by atoms with Crippen molar-refractivity contribution >= 4 is 23.2 Å². The van der Waals surface area contributed by atoms with Crippen molar-refractivity contribution in [3.8, 4) is 0 Å². The molecule has 2 amide bonds. The molecule has 0 spiro atoms. The van der Waals surface area contributed by atoms with Crippen molar-refractivity contribution in [3.05, 3.63) is 22.4 Å². The number of piperidine rings is 1. The molecule has 1 saturated heterocycles. The van der Waals surface area contributed by atoms with Crippen LogP contribution in [0.4, 0.5) is 0 Å². The molecule has 0 bridgehead atoms. The van der Waals surface area contributed by atoms with Crippen molar-refractivity contribution in [2.45, 2.75) is 32.7 Å². The highest BCUT2D eigenvalue weighted by Crippen LogP contribution is 2.27. The number of likely N-dealkylation sites (tertiary alicyclic amines) is 1. The first kappa shape index (κ1) is 16.0. The number of rotatable bonds is 4. The molecule has 21 heavy (non-hydrogen) atoms. The van der Waals surface area contributed by atoms with Crippen LogP contribution in [-0.2, 0) is 4.79 Å². The molecule has 1 aromatic heterocycles. The van der Waals surface area contributed by atoms with Gasteiger partial charge < -0.3 is 16.0 Å². The van der Waals surface area contributed by atoms with E-state index >= 15 is 0 Å². The second-order valence-electron chi connectivity index (χ2n) is 6.22. The molecule has 5 nitrogen and oxygen atoms in total. The maximum atomic E-state index is 12.2. The lowest BCUT2D eigenvalue weighted by Crippen LogP contribution is -2.54.